The Kier molecular flexibility index (Phi) is 4.03. The Hall–Kier alpha value is -2.11. The molecule has 21 heavy (non-hydrogen) atoms. The fourth-order valence-corrected chi connectivity index (χ4v) is 2.33. The van der Waals surface area contributed by atoms with Gasteiger partial charge in [-0.1, -0.05) is 29.8 Å². The first-order valence-corrected chi connectivity index (χ1v) is 7.00. The van der Waals surface area contributed by atoms with Gasteiger partial charge in [-0.25, -0.2) is 9.50 Å². The molecule has 2 aromatic heterocycles. The van der Waals surface area contributed by atoms with E-state index in [1.54, 1.807) is 17.8 Å². The molecule has 0 spiro atoms. The van der Waals surface area contributed by atoms with E-state index in [1.807, 2.05) is 36.4 Å². The lowest BCUT2D eigenvalue weighted by molar-refractivity contribution is 0.210. The van der Waals surface area contributed by atoms with Crippen molar-refractivity contribution in [2.45, 2.75) is 0 Å². The number of nitrogens with zero attached hydrogens (tertiary/aromatic N) is 3. The second kappa shape index (κ2) is 6.11. The summed E-state index contributed by atoms with van der Waals surface area (Å²) in [7, 11) is 1.67. The second-order valence-electron chi connectivity index (χ2n) is 4.53. The van der Waals surface area contributed by atoms with Crippen molar-refractivity contribution >= 4 is 23.1 Å². The van der Waals surface area contributed by atoms with Crippen molar-refractivity contribution in [3.8, 4) is 11.3 Å². The highest BCUT2D eigenvalue weighted by Gasteiger charge is 2.10. The third kappa shape index (κ3) is 2.84. The van der Waals surface area contributed by atoms with Gasteiger partial charge in [0.25, 0.3) is 0 Å². The smallest absolute Gasteiger partial charge is 0.154 e. The molecule has 0 bridgehead atoms. The topological polar surface area (TPSA) is 51.5 Å². The van der Waals surface area contributed by atoms with Gasteiger partial charge in [0, 0.05) is 19.2 Å². The van der Waals surface area contributed by atoms with E-state index in [-0.39, 0.29) is 0 Å². The maximum atomic E-state index is 6.26. The summed E-state index contributed by atoms with van der Waals surface area (Å²) < 4.78 is 6.81. The van der Waals surface area contributed by atoms with Crippen LogP contribution < -0.4 is 5.32 Å². The summed E-state index contributed by atoms with van der Waals surface area (Å²) in [6.45, 7) is 1.33. The van der Waals surface area contributed by atoms with E-state index in [1.165, 1.54) is 0 Å². The fraction of sp³-hybridized carbons (Fsp3) is 0.200. The van der Waals surface area contributed by atoms with Gasteiger partial charge in [-0.3, -0.25) is 0 Å². The van der Waals surface area contributed by atoms with Crippen LogP contribution >= 0.6 is 11.6 Å². The first kappa shape index (κ1) is 13.9. The van der Waals surface area contributed by atoms with Gasteiger partial charge in [0.05, 0.1) is 23.5 Å². The molecule has 0 aliphatic carbocycles. The van der Waals surface area contributed by atoms with Gasteiger partial charge < -0.3 is 10.1 Å². The van der Waals surface area contributed by atoms with E-state index in [9.17, 15) is 0 Å². The molecule has 3 aromatic rings. The monoisotopic (exact) mass is 302 g/mol. The lowest BCUT2D eigenvalue weighted by Crippen LogP contribution is -2.10. The summed E-state index contributed by atoms with van der Waals surface area (Å²) in [5.74, 6) is 0.769. The van der Waals surface area contributed by atoms with Crippen molar-refractivity contribution in [3.63, 3.8) is 0 Å². The normalized spacial score (nSPS) is 11.0. The van der Waals surface area contributed by atoms with Crippen molar-refractivity contribution in [1.29, 1.82) is 0 Å². The molecule has 6 heteroatoms. The van der Waals surface area contributed by atoms with Gasteiger partial charge >= 0.3 is 0 Å². The van der Waals surface area contributed by atoms with E-state index >= 15 is 0 Å². The zero-order chi connectivity index (χ0) is 14.7. The van der Waals surface area contributed by atoms with Gasteiger partial charge in [0.2, 0.25) is 0 Å². The van der Waals surface area contributed by atoms with Crippen LogP contribution in [0.3, 0.4) is 0 Å². The highest BCUT2D eigenvalue weighted by atomic mass is 35.5. The average molecular weight is 303 g/mol. The number of anilines is 1. The zero-order valence-corrected chi connectivity index (χ0v) is 12.3. The zero-order valence-electron chi connectivity index (χ0n) is 11.6. The third-order valence-electron chi connectivity index (χ3n) is 3.12. The van der Waals surface area contributed by atoms with Gasteiger partial charge in [-0.15, -0.1) is 5.10 Å². The molecule has 0 aliphatic rings. The van der Waals surface area contributed by atoms with Gasteiger partial charge in [0.1, 0.15) is 5.82 Å². The maximum absolute atomic E-state index is 6.26. The van der Waals surface area contributed by atoms with Gasteiger partial charge in [-0.05, 0) is 18.2 Å². The van der Waals surface area contributed by atoms with Crippen molar-refractivity contribution in [2.75, 3.05) is 25.6 Å². The van der Waals surface area contributed by atoms with Crippen molar-refractivity contribution in [1.82, 2.24) is 14.6 Å². The summed E-state index contributed by atoms with van der Waals surface area (Å²) in [6.07, 6.45) is 1.78. The predicted octanol–water partition coefficient (Wildman–Crippen LogP) is 3.11. The first-order chi connectivity index (χ1) is 10.3. The molecule has 5 nitrogen and oxygen atoms in total. The highest BCUT2D eigenvalue weighted by molar-refractivity contribution is 6.33. The molecule has 1 N–H and O–H groups in total. The second-order valence-corrected chi connectivity index (χ2v) is 4.94. The number of imidazole rings is 1. The molecule has 108 valence electrons. The number of nitrogens with one attached hydrogen (secondary N) is 1. The van der Waals surface area contributed by atoms with Crippen LogP contribution in [0.2, 0.25) is 5.02 Å². The minimum absolute atomic E-state index is 0.626. The number of aromatic nitrogens is 3. The van der Waals surface area contributed by atoms with Crippen LogP contribution in [-0.4, -0.2) is 34.9 Å². The molecule has 0 atom stereocenters. The van der Waals surface area contributed by atoms with Crippen molar-refractivity contribution < 1.29 is 4.74 Å². The fourth-order valence-electron chi connectivity index (χ4n) is 2.10. The standard InChI is InChI=1S/C15H15ClN4O/c1-21-9-8-17-14-6-7-15-18-10-13(20(15)19-14)11-4-2-3-5-12(11)16/h2-7,10H,8-9H2,1H3,(H,17,19). The molecular formula is C15H15ClN4O. The molecule has 3 rings (SSSR count). The van der Waals surface area contributed by atoms with E-state index < -0.39 is 0 Å². The highest BCUT2D eigenvalue weighted by Crippen LogP contribution is 2.27. The Balaban J connectivity index is 2.00. The molecule has 0 amide bonds. The van der Waals surface area contributed by atoms with Crippen LogP contribution in [0.25, 0.3) is 16.9 Å². The van der Waals surface area contributed by atoms with E-state index in [0.29, 0.717) is 18.2 Å². The average Bonchev–Trinajstić information content (AvgIpc) is 2.91. The van der Waals surface area contributed by atoms with Crippen molar-refractivity contribution in [3.05, 3.63) is 47.6 Å². The summed E-state index contributed by atoms with van der Waals surface area (Å²) >= 11 is 6.26. The summed E-state index contributed by atoms with van der Waals surface area (Å²) in [6, 6.07) is 11.5. The number of halogens is 1. The first-order valence-electron chi connectivity index (χ1n) is 6.62. The Morgan fingerprint density at radius 2 is 2.10 bits per heavy atom. The minimum Gasteiger partial charge on any atom is -0.383 e. The Morgan fingerprint density at radius 1 is 1.24 bits per heavy atom. The Bertz CT molecular complexity index is 756. The molecule has 0 fully saturated rings. The number of ether oxygens (including phenoxy) is 1. The van der Waals surface area contributed by atoms with Crippen LogP contribution in [-0.2, 0) is 4.74 Å². The van der Waals surface area contributed by atoms with E-state index in [2.05, 4.69) is 15.4 Å². The van der Waals surface area contributed by atoms with Crippen LogP contribution in [0.15, 0.2) is 42.6 Å². The largest absolute Gasteiger partial charge is 0.383 e. The molecule has 0 saturated carbocycles. The van der Waals surface area contributed by atoms with Crippen LogP contribution in [0.4, 0.5) is 5.82 Å². The third-order valence-corrected chi connectivity index (χ3v) is 3.45. The van der Waals surface area contributed by atoms with E-state index in [4.69, 9.17) is 16.3 Å². The van der Waals surface area contributed by atoms with E-state index in [0.717, 1.165) is 22.7 Å². The van der Waals surface area contributed by atoms with Gasteiger partial charge in [0.15, 0.2) is 5.65 Å². The molecule has 0 radical (unpaired) electrons. The molecule has 2 heterocycles. The van der Waals surface area contributed by atoms with Crippen LogP contribution in [0, 0.1) is 0 Å². The summed E-state index contributed by atoms with van der Waals surface area (Å²) in [5, 5.41) is 8.44. The maximum Gasteiger partial charge on any atom is 0.154 e. The Labute approximate surface area is 127 Å². The van der Waals surface area contributed by atoms with Gasteiger partial charge in [-0.2, -0.15) is 0 Å². The predicted molar refractivity (Wildman–Crippen MR) is 83.8 cm³/mol. The SMILES string of the molecule is COCCNc1ccc2ncc(-c3ccccc3Cl)n2n1. The number of hydrogen-bond donors (Lipinski definition) is 1. The number of benzene rings is 1. The lowest BCUT2D eigenvalue weighted by atomic mass is 10.2. The Morgan fingerprint density at radius 3 is 2.90 bits per heavy atom. The molecule has 0 unspecified atom stereocenters. The quantitative estimate of drug-likeness (QED) is 0.736. The lowest BCUT2D eigenvalue weighted by Gasteiger charge is -2.07. The summed E-state index contributed by atoms with van der Waals surface area (Å²) in [5.41, 5.74) is 2.56. The molecule has 0 saturated heterocycles. The minimum atomic E-state index is 0.626. The number of hydrogen-bond acceptors (Lipinski definition) is 4. The number of rotatable bonds is 5. The molecular weight excluding hydrogens is 288 g/mol. The number of fused-ring (bicyclic) bond motifs is 1. The summed E-state index contributed by atoms with van der Waals surface area (Å²) in [4.78, 5) is 4.36. The van der Waals surface area contributed by atoms with Crippen molar-refractivity contribution in [2.24, 2.45) is 0 Å². The van der Waals surface area contributed by atoms with Crippen LogP contribution in [0.1, 0.15) is 0 Å². The molecule has 1 aromatic carbocycles. The number of methoxy groups -OCH3 is 1. The van der Waals surface area contributed by atoms with Crippen LogP contribution in [0.5, 0.6) is 0 Å². The molecule has 0 aliphatic heterocycles.